The fourth-order valence-electron chi connectivity index (χ4n) is 6.88. The molecule has 1 fully saturated rings. The Labute approximate surface area is 260 Å². The number of halogens is 2. The summed E-state index contributed by atoms with van der Waals surface area (Å²) in [5.74, 6) is 0.337. The maximum atomic E-state index is 13.4. The van der Waals surface area contributed by atoms with E-state index in [9.17, 15) is 9.59 Å². The highest BCUT2D eigenvalue weighted by atomic mass is 35.5. The molecular weight excluding hydrogens is 565 g/mol. The molecule has 0 aliphatic carbocycles. The Balaban J connectivity index is 1.28. The summed E-state index contributed by atoms with van der Waals surface area (Å²) in [7, 11) is 1.88. The number of carbonyl (C=O) groups excluding carboxylic acids is 2. The number of benzene rings is 3. The molecule has 2 aliphatic heterocycles. The van der Waals surface area contributed by atoms with E-state index in [0.717, 1.165) is 73.4 Å². The quantitative estimate of drug-likeness (QED) is 0.265. The highest BCUT2D eigenvalue weighted by Crippen LogP contribution is 2.47. The Hall–Kier alpha value is -2.86. The summed E-state index contributed by atoms with van der Waals surface area (Å²) in [6.07, 6.45) is 3.47. The number of likely N-dealkylation sites (N-methyl/N-ethyl adjacent to an activating group) is 1. The molecule has 0 radical (unpaired) electrons. The average Bonchev–Trinajstić information content (AvgIpc) is 3.30. The van der Waals surface area contributed by atoms with E-state index in [2.05, 4.69) is 29.2 Å². The van der Waals surface area contributed by atoms with Crippen molar-refractivity contribution in [3.05, 3.63) is 98.5 Å². The lowest BCUT2D eigenvalue weighted by Gasteiger charge is -2.40. The molecular formula is C35H41Cl2N3O2. The second-order valence-corrected chi connectivity index (χ2v) is 13.0. The zero-order valence-corrected chi connectivity index (χ0v) is 26.6. The van der Waals surface area contributed by atoms with E-state index in [1.54, 1.807) is 0 Å². The van der Waals surface area contributed by atoms with Gasteiger partial charge in [0.2, 0.25) is 5.91 Å². The normalized spacial score (nSPS) is 16.9. The van der Waals surface area contributed by atoms with Crippen molar-refractivity contribution in [1.29, 1.82) is 0 Å². The number of nitrogens with zero attached hydrogens (tertiary/aromatic N) is 3. The highest BCUT2D eigenvalue weighted by Gasteiger charge is 2.45. The third-order valence-corrected chi connectivity index (χ3v) is 9.90. The van der Waals surface area contributed by atoms with Gasteiger partial charge in [0, 0.05) is 49.1 Å². The van der Waals surface area contributed by atoms with Gasteiger partial charge in [-0.1, -0.05) is 71.6 Å². The Morgan fingerprint density at radius 1 is 0.952 bits per heavy atom. The van der Waals surface area contributed by atoms with E-state index in [1.165, 1.54) is 5.56 Å². The van der Waals surface area contributed by atoms with Crippen LogP contribution in [-0.4, -0.2) is 61.4 Å². The van der Waals surface area contributed by atoms with Crippen molar-refractivity contribution in [1.82, 2.24) is 9.80 Å². The van der Waals surface area contributed by atoms with Crippen LogP contribution in [0.4, 0.5) is 5.69 Å². The molecule has 1 unspecified atom stereocenters. The van der Waals surface area contributed by atoms with Gasteiger partial charge in [0.1, 0.15) is 0 Å². The summed E-state index contributed by atoms with van der Waals surface area (Å²) < 4.78 is 0. The van der Waals surface area contributed by atoms with Crippen LogP contribution in [-0.2, 0) is 10.2 Å². The number of piperidine rings is 1. The van der Waals surface area contributed by atoms with Gasteiger partial charge in [-0.05, 0) is 94.2 Å². The average molecular weight is 607 g/mol. The third-order valence-electron chi connectivity index (χ3n) is 9.16. The number of likely N-dealkylation sites (tertiary alicyclic amines) is 1. The Kier molecular flexibility index (Phi) is 9.31. The Morgan fingerprint density at radius 2 is 1.64 bits per heavy atom. The first-order valence-electron chi connectivity index (χ1n) is 15.0. The molecule has 3 aromatic rings. The standard InChI is InChI=1S/C35H41Cl2N3O2/c1-5-33(41)40-23-35(29-8-6-7-9-32(29)40)13-16-39(17-14-35)15-12-27(26-10-11-30(36)31(37)21-26)22-38(4)34(42)28-19-24(2)18-25(3)20-28/h6-11,18-21,27H,5,12-17,22-23H2,1-4H3. The van der Waals surface area contributed by atoms with Gasteiger partial charge in [0.25, 0.3) is 5.91 Å². The summed E-state index contributed by atoms with van der Waals surface area (Å²) in [4.78, 5) is 32.6. The lowest BCUT2D eigenvalue weighted by atomic mass is 9.74. The van der Waals surface area contributed by atoms with Crippen LogP contribution in [0, 0.1) is 13.8 Å². The fourth-order valence-corrected chi connectivity index (χ4v) is 7.18. The number of amides is 2. The first kappa shape index (κ1) is 30.6. The number of fused-ring (bicyclic) bond motifs is 2. The molecule has 2 aliphatic rings. The molecule has 1 spiro atoms. The fraction of sp³-hybridized carbons (Fsp3) is 0.429. The van der Waals surface area contributed by atoms with Crippen molar-refractivity contribution in [2.75, 3.05) is 44.7 Å². The molecule has 42 heavy (non-hydrogen) atoms. The Bertz CT molecular complexity index is 1440. The van der Waals surface area contributed by atoms with Crippen molar-refractivity contribution in [3.63, 3.8) is 0 Å². The lowest BCUT2D eigenvalue weighted by Crippen LogP contribution is -2.46. The van der Waals surface area contributed by atoms with Gasteiger partial charge in [-0.2, -0.15) is 0 Å². The largest absolute Gasteiger partial charge is 0.341 e. The van der Waals surface area contributed by atoms with Crippen LogP contribution in [0.25, 0.3) is 0 Å². The number of hydrogen-bond acceptors (Lipinski definition) is 3. The van der Waals surface area contributed by atoms with Gasteiger partial charge in [0.05, 0.1) is 10.0 Å². The topological polar surface area (TPSA) is 43.9 Å². The summed E-state index contributed by atoms with van der Waals surface area (Å²) in [6.45, 7) is 10.2. The van der Waals surface area contributed by atoms with Crippen LogP contribution in [0.3, 0.4) is 0 Å². The molecule has 0 bridgehead atoms. The van der Waals surface area contributed by atoms with Crippen LogP contribution in [0.15, 0.2) is 60.7 Å². The summed E-state index contributed by atoms with van der Waals surface area (Å²) in [6, 6.07) is 20.3. The monoisotopic (exact) mass is 605 g/mol. The second kappa shape index (κ2) is 12.8. The molecule has 1 atom stereocenters. The maximum Gasteiger partial charge on any atom is 0.253 e. The van der Waals surface area contributed by atoms with Gasteiger partial charge in [0.15, 0.2) is 0 Å². The summed E-state index contributed by atoms with van der Waals surface area (Å²) in [5.41, 5.74) is 6.43. The van der Waals surface area contributed by atoms with E-state index < -0.39 is 0 Å². The van der Waals surface area contributed by atoms with Crippen molar-refractivity contribution < 1.29 is 9.59 Å². The van der Waals surface area contributed by atoms with Crippen LogP contribution in [0.1, 0.15) is 71.1 Å². The van der Waals surface area contributed by atoms with E-state index >= 15 is 0 Å². The van der Waals surface area contributed by atoms with Gasteiger partial charge in [-0.3, -0.25) is 9.59 Å². The highest BCUT2D eigenvalue weighted by molar-refractivity contribution is 6.42. The van der Waals surface area contributed by atoms with E-state index in [-0.39, 0.29) is 23.1 Å². The number of hydrogen-bond donors (Lipinski definition) is 0. The number of anilines is 1. The third kappa shape index (κ3) is 6.39. The molecule has 222 valence electrons. The lowest BCUT2D eigenvalue weighted by molar-refractivity contribution is -0.118. The summed E-state index contributed by atoms with van der Waals surface area (Å²) >= 11 is 12.7. The minimum absolute atomic E-state index is 0.0258. The van der Waals surface area contributed by atoms with Gasteiger partial charge in [-0.15, -0.1) is 0 Å². The molecule has 0 aromatic heterocycles. The first-order chi connectivity index (χ1) is 20.1. The van der Waals surface area contributed by atoms with E-state index in [0.29, 0.717) is 23.0 Å². The van der Waals surface area contributed by atoms with Crippen molar-refractivity contribution >= 4 is 40.7 Å². The number of rotatable bonds is 8. The number of para-hydroxylation sites is 1. The molecule has 2 heterocycles. The van der Waals surface area contributed by atoms with Crippen LogP contribution >= 0.6 is 23.2 Å². The zero-order valence-electron chi connectivity index (χ0n) is 25.1. The van der Waals surface area contributed by atoms with Crippen LogP contribution in [0.2, 0.25) is 10.0 Å². The SMILES string of the molecule is CCC(=O)N1CC2(CCN(CCC(CN(C)C(=O)c3cc(C)cc(C)c3)c3ccc(Cl)c(Cl)c3)CC2)c2ccccc21. The van der Waals surface area contributed by atoms with Gasteiger partial charge >= 0.3 is 0 Å². The number of carbonyl (C=O) groups is 2. The molecule has 3 aromatic carbocycles. The van der Waals surface area contributed by atoms with Crippen LogP contribution < -0.4 is 4.90 Å². The maximum absolute atomic E-state index is 13.4. The van der Waals surface area contributed by atoms with E-state index in [1.807, 2.05) is 74.0 Å². The van der Waals surface area contributed by atoms with Crippen molar-refractivity contribution in [2.45, 2.75) is 57.8 Å². The molecule has 5 nitrogen and oxygen atoms in total. The minimum atomic E-state index is 0.0258. The predicted molar refractivity (Wildman–Crippen MR) is 173 cm³/mol. The van der Waals surface area contributed by atoms with Gasteiger partial charge < -0.3 is 14.7 Å². The van der Waals surface area contributed by atoms with E-state index in [4.69, 9.17) is 23.2 Å². The smallest absolute Gasteiger partial charge is 0.253 e. The first-order valence-corrected chi connectivity index (χ1v) is 15.8. The summed E-state index contributed by atoms with van der Waals surface area (Å²) in [5, 5.41) is 1.07. The predicted octanol–water partition coefficient (Wildman–Crippen LogP) is 7.65. The molecule has 7 heteroatoms. The van der Waals surface area contributed by atoms with Crippen molar-refractivity contribution in [3.8, 4) is 0 Å². The molecule has 2 amide bonds. The van der Waals surface area contributed by atoms with Crippen molar-refractivity contribution in [2.24, 2.45) is 0 Å². The minimum Gasteiger partial charge on any atom is -0.341 e. The molecule has 0 saturated carbocycles. The van der Waals surface area contributed by atoms with Crippen LogP contribution in [0.5, 0.6) is 0 Å². The zero-order chi connectivity index (χ0) is 30.0. The second-order valence-electron chi connectivity index (χ2n) is 12.2. The molecule has 5 rings (SSSR count). The molecule has 1 saturated heterocycles. The Morgan fingerprint density at radius 3 is 2.31 bits per heavy atom. The number of aryl methyl sites for hydroxylation is 2. The molecule has 0 N–H and O–H groups in total. The van der Waals surface area contributed by atoms with Gasteiger partial charge in [-0.25, -0.2) is 0 Å².